The Morgan fingerprint density at radius 3 is 2.26 bits per heavy atom. The van der Waals surface area contributed by atoms with Crippen LogP contribution in [-0.4, -0.2) is 16.7 Å². The molecule has 0 saturated carbocycles. The maximum atomic E-state index is 12.9. The first-order valence-electron chi connectivity index (χ1n) is 11.5. The minimum absolute atomic E-state index is 0.000893. The van der Waals surface area contributed by atoms with Crippen LogP contribution in [-0.2, 0) is 0 Å². The molecule has 0 bridgehead atoms. The summed E-state index contributed by atoms with van der Waals surface area (Å²) in [4.78, 5) is 25.5. The summed E-state index contributed by atoms with van der Waals surface area (Å²) in [6.07, 6.45) is 8.46. The first-order valence-corrected chi connectivity index (χ1v) is 11.5. The van der Waals surface area contributed by atoms with Gasteiger partial charge in [-0.05, 0) is 31.0 Å². The highest BCUT2D eigenvalue weighted by molar-refractivity contribution is 6.09. The summed E-state index contributed by atoms with van der Waals surface area (Å²) in [5, 5.41) is 11.2. The molecule has 164 valence electrons. The molecule has 0 aliphatic carbocycles. The number of ketones is 2. The van der Waals surface area contributed by atoms with Crippen molar-refractivity contribution in [1.82, 2.24) is 0 Å². The van der Waals surface area contributed by atoms with Gasteiger partial charge in [0.15, 0.2) is 11.6 Å². The highest BCUT2D eigenvalue weighted by atomic mass is 16.3. The van der Waals surface area contributed by atoms with E-state index in [1.54, 1.807) is 24.3 Å². The average Bonchev–Trinajstić information content (AvgIpc) is 3.19. The predicted molar refractivity (Wildman–Crippen MR) is 125 cm³/mol. The molecule has 1 heterocycles. The van der Waals surface area contributed by atoms with E-state index in [0.717, 1.165) is 24.6 Å². The van der Waals surface area contributed by atoms with Crippen molar-refractivity contribution in [1.29, 1.82) is 0 Å². The van der Waals surface area contributed by atoms with E-state index in [9.17, 15) is 14.7 Å². The number of phenols is 1. The lowest BCUT2D eigenvalue weighted by Gasteiger charge is -2.08. The molecule has 1 aromatic heterocycles. The molecule has 0 atom stereocenters. The van der Waals surface area contributed by atoms with Crippen LogP contribution in [0, 0.1) is 0 Å². The van der Waals surface area contributed by atoms with E-state index in [1.165, 1.54) is 25.7 Å². The molecule has 0 aliphatic rings. The van der Waals surface area contributed by atoms with Crippen LogP contribution in [0.15, 0.2) is 46.9 Å². The van der Waals surface area contributed by atoms with E-state index in [4.69, 9.17) is 4.42 Å². The van der Waals surface area contributed by atoms with Crippen molar-refractivity contribution in [2.24, 2.45) is 0 Å². The van der Waals surface area contributed by atoms with Gasteiger partial charge in [-0.2, -0.15) is 0 Å². The van der Waals surface area contributed by atoms with Gasteiger partial charge >= 0.3 is 0 Å². The maximum absolute atomic E-state index is 12.9. The van der Waals surface area contributed by atoms with Gasteiger partial charge in [-0.3, -0.25) is 9.59 Å². The lowest BCUT2D eigenvalue weighted by Crippen LogP contribution is -2.01. The Labute approximate surface area is 184 Å². The van der Waals surface area contributed by atoms with E-state index in [-0.39, 0.29) is 17.3 Å². The van der Waals surface area contributed by atoms with E-state index in [1.807, 2.05) is 25.1 Å². The van der Waals surface area contributed by atoms with Crippen LogP contribution in [0.2, 0.25) is 0 Å². The summed E-state index contributed by atoms with van der Waals surface area (Å²) in [5.41, 5.74) is 2.06. The largest absolute Gasteiger partial charge is 0.507 e. The Morgan fingerprint density at radius 1 is 0.806 bits per heavy atom. The fourth-order valence-electron chi connectivity index (χ4n) is 4.02. The molecule has 0 unspecified atom stereocenters. The molecule has 0 amide bonds. The van der Waals surface area contributed by atoms with Gasteiger partial charge in [0.1, 0.15) is 17.1 Å². The van der Waals surface area contributed by atoms with Crippen LogP contribution < -0.4 is 0 Å². The van der Waals surface area contributed by atoms with Gasteiger partial charge in [-0.1, -0.05) is 70.2 Å². The number of Topliss-reactive ketones (excluding diaryl/α,β-unsaturated/α-hetero) is 2. The zero-order valence-electron chi connectivity index (χ0n) is 18.6. The zero-order chi connectivity index (χ0) is 22.2. The molecule has 2 aromatic carbocycles. The Hall–Kier alpha value is -2.88. The third-order valence-corrected chi connectivity index (χ3v) is 5.69. The number of hydrogen-bond acceptors (Lipinski definition) is 4. The third kappa shape index (κ3) is 5.43. The van der Waals surface area contributed by atoms with Gasteiger partial charge in [0.05, 0.1) is 5.56 Å². The van der Waals surface area contributed by atoms with Crippen molar-refractivity contribution in [3.8, 4) is 17.1 Å². The summed E-state index contributed by atoms with van der Waals surface area (Å²) in [5.74, 6) is 0.481. The van der Waals surface area contributed by atoms with Crippen LogP contribution in [0.3, 0.4) is 0 Å². The van der Waals surface area contributed by atoms with Gasteiger partial charge in [0.2, 0.25) is 0 Å². The summed E-state index contributed by atoms with van der Waals surface area (Å²) in [6, 6.07) is 12.2. The minimum atomic E-state index is -0.0340. The number of rotatable bonds is 12. The van der Waals surface area contributed by atoms with E-state index in [2.05, 4.69) is 6.92 Å². The Balaban J connectivity index is 1.87. The SMILES string of the molecule is CCCCCCCCC(=O)c1cccc2oc(-c3c(O)cccc3C(=O)CCC)cc12. The predicted octanol–water partition coefficient (Wildman–Crippen LogP) is 7.72. The van der Waals surface area contributed by atoms with Crippen LogP contribution >= 0.6 is 0 Å². The second-order valence-corrected chi connectivity index (χ2v) is 8.14. The molecule has 31 heavy (non-hydrogen) atoms. The van der Waals surface area contributed by atoms with E-state index < -0.39 is 0 Å². The first-order chi connectivity index (χ1) is 15.1. The summed E-state index contributed by atoms with van der Waals surface area (Å²) in [6.45, 7) is 4.14. The van der Waals surface area contributed by atoms with Gasteiger partial charge in [0.25, 0.3) is 0 Å². The summed E-state index contributed by atoms with van der Waals surface area (Å²) in [7, 11) is 0. The number of hydrogen-bond donors (Lipinski definition) is 1. The van der Waals surface area contributed by atoms with Crippen molar-refractivity contribution in [3.05, 3.63) is 53.6 Å². The quantitative estimate of drug-likeness (QED) is 0.240. The number of fused-ring (bicyclic) bond motifs is 1. The van der Waals surface area contributed by atoms with E-state index in [0.29, 0.717) is 40.9 Å². The number of furan rings is 1. The number of benzene rings is 2. The molecule has 4 nitrogen and oxygen atoms in total. The van der Waals surface area contributed by atoms with Crippen molar-refractivity contribution >= 4 is 22.5 Å². The monoisotopic (exact) mass is 420 g/mol. The highest BCUT2D eigenvalue weighted by Crippen LogP contribution is 2.38. The third-order valence-electron chi connectivity index (χ3n) is 5.69. The van der Waals surface area contributed by atoms with E-state index >= 15 is 0 Å². The Morgan fingerprint density at radius 2 is 1.48 bits per heavy atom. The lowest BCUT2D eigenvalue weighted by atomic mass is 9.97. The molecule has 0 saturated heterocycles. The molecule has 0 radical (unpaired) electrons. The molecule has 1 N–H and O–H groups in total. The van der Waals surface area contributed by atoms with Crippen LogP contribution in [0.1, 0.15) is 92.4 Å². The maximum Gasteiger partial charge on any atom is 0.163 e. The fraction of sp³-hybridized carbons (Fsp3) is 0.407. The van der Waals surface area contributed by atoms with Crippen LogP contribution in [0.25, 0.3) is 22.3 Å². The Bertz CT molecular complexity index is 1040. The van der Waals surface area contributed by atoms with Gasteiger partial charge in [0, 0.05) is 29.4 Å². The zero-order valence-corrected chi connectivity index (χ0v) is 18.6. The van der Waals surface area contributed by atoms with Gasteiger partial charge < -0.3 is 9.52 Å². The summed E-state index contributed by atoms with van der Waals surface area (Å²) < 4.78 is 6.00. The topological polar surface area (TPSA) is 67.5 Å². The lowest BCUT2D eigenvalue weighted by molar-refractivity contribution is 0.0973. The number of aromatic hydroxyl groups is 1. The Kier molecular flexibility index (Phi) is 8.05. The molecule has 0 fully saturated rings. The smallest absolute Gasteiger partial charge is 0.163 e. The fourth-order valence-corrected chi connectivity index (χ4v) is 4.02. The number of carbonyl (C=O) groups excluding carboxylic acids is 2. The molecule has 0 spiro atoms. The minimum Gasteiger partial charge on any atom is -0.507 e. The standard InChI is InChI=1S/C27H32O4/c1-3-5-6-7-8-9-15-23(29)19-13-11-17-25-21(19)18-26(31-25)27-20(22(28)12-4-2)14-10-16-24(27)30/h10-11,13-14,16-18,30H,3-9,12,15H2,1-2H3. The van der Waals surface area contributed by atoms with Crippen LogP contribution in [0.5, 0.6) is 5.75 Å². The van der Waals surface area contributed by atoms with Crippen molar-refractivity contribution in [2.45, 2.75) is 71.6 Å². The molecular formula is C27H32O4. The van der Waals surface area contributed by atoms with Gasteiger partial charge in [-0.25, -0.2) is 0 Å². The highest BCUT2D eigenvalue weighted by Gasteiger charge is 2.21. The number of phenolic OH excluding ortho intramolecular Hbond substituents is 1. The average molecular weight is 421 g/mol. The van der Waals surface area contributed by atoms with Crippen LogP contribution in [0.4, 0.5) is 0 Å². The molecule has 4 heteroatoms. The summed E-state index contributed by atoms with van der Waals surface area (Å²) >= 11 is 0. The second kappa shape index (κ2) is 10.9. The molecule has 0 aliphatic heterocycles. The van der Waals surface area contributed by atoms with Crippen molar-refractivity contribution in [3.63, 3.8) is 0 Å². The molecule has 3 aromatic rings. The molecule has 3 rings (SSSR count). The normalized spacial score (nSPS) is 11.2. The van der Waals surface area contributed by atoms with Crippen molar-refractivity contribution < 1.29 is 19.1 Å². The number of carbonyl (C=O) groups is 2. The first kappa shape index (κ1) is 22.8. The van der Waals surface area contributed by atoms with Gasteiger partial charge in [-0.15, -0.1) is 0 Å². The number of unbranched alkanes of at least 4 members (excludes halogenated alkanes) is 5. The van der Waals surface area contributed by atoms with Crippen molar-refractivity contribution in [2.75, 3.05) is 0 Å². The molecular weight excluding hydrogens is 388 g/mol. The second-order valence-electron chi connectivity index (χ2n) is 8.14.